The van der Waals surface area contributed by atoms with Crippen molar-refractivity contribution in [3.8, 4) is 11.3 Å². The molecule has 1 aromatic heterocycles. The van der Waals surface area contributed by atoms with Crippen molar-refractivity contribution in [2.45, 2.75) is 32.6 Å². The molecule has 3 aromatic rings. The van der Waals surface area contributed by atoms with Gasteiger partial charge in [-0.25, -0.2) is 13.4 Å². The van der Waals surface area contributed by atoms with Crippen molar-refractivity contribution in [1.82, 2.24) is 9.88 Å². The molecule has 31 heavy (non-hydrogen) atoms. The van der Waals surface area contributed by atoms with Gasteiger partial charge in [0, 0.05) is 37.1 Å². The number of fused-ring (bicyclic) bond motifs is 1. The first-order valence-electron chi connectivity index (χ1n) is 10.7. The summed E-state index contributed by atoms with van der Waals surface area (Å²) >= 11 is 0. The molecule has 6 heteroatoms. The second-order valence-electron chi connectivity index (χ2n) is 7.82. The van der Waals surface area contributed by atoms with Crippen molar-refractivity contribution < 1.29 is 8.42 Å². The molecule has 1 saturated heterocycles. The first kappa shape index (κ1) is 23.2. The van der Waals surface area contributed by atoms with E-state index in [2.05, 4.69) is 41.0 Å². The third-order valence-corrected chi connectivity index (χ3v) is 7.76. The van der Waals surface area contributed by atoms with E-state index in [9.17, 15) is 8.42 Å². The summed E-state index contributed by atoms with van der Waals surface area (Å²) in [4.78, 5) is 10.2. The van der Waals surface area contributed by atoms with E-state index in [0.29, 0.717) is 11.3 Å². The molecule has 166 valence electrons. The van der Waals surface area contributed by atoms with E-state index in [1.807, 2.05) is 25.1 Å². The fraction of sp³-hybridized carbons (Fsp3) is 0.400. The van der Waals surface area contributed by atoms with Crippen LogP contribution in [0.1, 0.15) is 27.7 Å². The summed E-state index contributed by atoms with van der Waals surface area (Å²) in [6.07, 6.45) is 0.616. The zero-order chi connectivity index (χ0) is 21.1. The summed E-state index contributed by atoms with van der Waals surface area (Å²) in [7, 11) is -3.21. The second kappa shape index (κ2) is 9.79. The smallest absolute Gasteiger partial charge is 0.178 e. The Balaban J connectivity index is 0.00000272. The molecule has 0 spiro atoms. The predicted octanol–water partition coefficient (Wildman–Crippen LogP) is 4.86. The quantitative estimate of drug-likeness (QED) is 0.549. The van der Waals surface area contributed by atoms with Crippen molar-refractivity contribution in [3.05, 3.63) is 54.6 Å². The van der Waals surface area contributed by atoms with E-state index in [1.54, 1.807) is 12.1 Å². The van der Waals surface area contributed by atoms with Crippen LogP contribution in [0.4, 0.5) is 5.82 Å². The van der Waals surface area contributed by atoms with Crippen molar-refractivity contribution in [2.24, 2.45) is 0 Å². The van der Waals surface area contributed by atoms with Gasteiger partial charge in [0.2, 0.25) is 0 Å². The first-order chi connectivity index (χ1) is 14.5. The molecule has 4 rings (SSSR count). The molecular weight excluding hydrogens is 406 g/mol. The van der Waals surface area contributed by atoms with Gasteiger partial charge in [-0.3, -0.25) is 0 Å². The van der Waals surface area contributed by atoms with Gasteiger partial charge in [0.25, 0.3) is 0 Å². The molecule has 0 unspecified atom stereocenters. The molecule has 5 nitrogen and oxygen atoms in total. The Morgan fingerprint density at radius 3 is 2.26 bits per heavy atom. The van der Waals surface area contributed by atoms with Crippen molar-refractivity contribution in [2.75, 3.05) is 43.4 Å². The van der Waals surface area contributed by atoms with Crippen LogP contribution in [0.5, 0.6) is 0 Å². The minimum absolute atomic E-state index is 0. The lowest BCUT2D eigenvalue weighted by Crippen LogP contribution is -2.46. The van der Waals surface area contributed by atoms with Crippen LogP contribution in [0.2, 0.25) is 0 Å². The maximum atomic E-state index is 12.3. The van der Waals surface area contributed by atoms with Gasteiger partial charge in [0.15, 0.2) is 9.84 Å². The highest BCUT2D eigenvalue weighted by molar-refractivity contribution is 7.91. The molecule has 0 aliphatic carbocycles. The van der Waals surface area contributed by atoms with E-state index < -0.39 is 9.84 Å². The lowest BCUT2D eigenvalue weighted by atomic mass is 10.1. The third kappa shape index (κ3) is 4.91. The molecule has 1 aliphatic rings. The molecule has 0 radical (unpaired) electrons. The molecule has 0 N–H and O–H groups in total. The maximum Gasteiger partial charge on any atom is 0.178 e. The Morgan fingerprint density at radius 1 is 0.935 bits per heavy atom. The van der Waals surface area contributed by atoms with E-state index in [-0.39, 0.29) is 13.2 Å². The summed E-state index contributed by atoms with van der Waals surface area (Å²) in [5.74, 6) is 1.19. The van der Waals surface area contributed by atoms with E-state index >= 15 is 0 Å². The third-order valence-electron chi connectivity index (χ3n) is 5.82. The Kier molecular flexibility index (Phi) is 7.34. The number of pyridine rings is 1. The number of likely N-dealkylation sites (N-methyl/N-ethyl adjacent to an activating group) is 1. The molecule has 2 heterocycles. The zero-order valence-electron chi connectivity index (χ0n) is 17.7. The standard InChI is InChI=1S/C24H29N3O2S.CH4/c1-3-17-30(28,29)21-11-9-19(10-12-21)23-18-20-7-5-6-8-22(20)24(25-23)27-15-13-26(4-2)14-16-27;/h5-12,18H,3-4,13-17H2,1-2H3;1H4. The average Bonchev–Trinajstić information content (AvgIpc) is 2.78. The van der Waals surface area contributed by atoms with Crippen LogP contribution in [0.15, 0.2) is 59.5 Å². The van der Waals surface area contributed by atoms with Crippen molar-refractivity contribution in [1.29, 1.82) is 0 Å². The van der Waals surface area contributed by atoms with Gasteiger partial charge in [-0.2, -0.15) is 0 Å². The van der Waals surface area contributed by atoms with Gasteiger partial charge in [-0.1, -0.05) is 57.7 Å². The molecule has 1 fully saturated rings. The summed E-state index contributed by atoms with van der Waals surface area (Å²) in [5, 5.41) is 2.31. The number of anilines is 1. The minimum Gasteiger partial charge on any atom is -0.354 e. The number of rotatable bonds is 6. The van der Waals surface area contributed by atoms with Crippen LogP contribution in [-0.2, 0) is 9.84 Å². The fourth-order valence-corrected chi connectivity index (χ4v) is 5.39. The van der Waals surface area contributed by atoms with Gasteiger partial charge in [-0.05, 0) is 36.6 Å². The highest BCUT2D eigenvalue weighted by Crippen LogP contribution is 2.31. The van der Waals surface area contributed by atoms with Crippen LogP contribution >= 0.6 is 0 Å². The Hall–Kier alpha value is -2.44. The second-order valence-corrected chi connectivity index (χ2v) is 9.93. The highest BCUT2D eigenvalue weighted by atomic mass is 32.2. The molecule has 0 amide bonds. The summed E-state index contributed by atoms with van der Waals surface area (Å²) < 4.78 is 24.7. The lowest BCUT2D eigenvalue weighted by Gasteiger charge is -2.35. The number of hydrogen-bond donors (Lipinski definition) is 0. The molecule has 1 aliphatic heterocycles. The zero-order valence-corrected chi connectivity index (χ0v) is 18.5. The molecular formula is C25H33N3O2S. The monoisotopic (exact) mass is 439 g/mol. The highest BCUT2D eigenvalue weighted by Gasteiger charge is 2.20. The van der Waals surface area contributed by atoms with Gasteiger partial charge in [-0.15, -0.1) is 0 Å². The Morgan fingerprint density at radius 2 is 1.61 bits per heavy atom. The van der Waals surface area contributed by atoms with E-state index in [1.165, 1.54) is 0 Å². The van der Waals surface area contributed by atoms with Gasteiger partial charge in [0.05, 0.1) is 16.3 Å². The number of benzene rings is 2. The van der Waals surface area contributed by atoms with Crippen LogP contribution < -0.4 is 4.90 Å². The normalized spacial score (nSPS) is 15.1. The van der Waals surface area contributed by atoms with Crippen LogP contribution in [0, 0.1) is 0 Å². The SMILES string of the molecule is C.CCCS(=O)(=O)c1ccc(-c2cc3ccccc3c(N3CCN(CC)CC3)n2)cc1. The average molecular weight is 440 g/mol. The van der Waals surface area contributed by atoms with Gasteiger partial charge < -0.3 is 9.80 Å². The van der Waals surface area contributed by atoms with Crippen molar-refractivity contribution >= 4 is 26.4 Å². The Labute approximate surface area is 186 Å². The number of sulfone groups is 1. The number of hydrogen-bond acceptors (Lipinski definition) is 5. The molecule has 0 atom stereocenters. The Bertz CT molecular complexity index is 1120. The largest absolute Gasteiger partial charge is 0.354 e. The lowest BCUT2D eigenvalue weighted by molar-refractivity contribution is 0.271. The molecule has 0 saturated carbocycles. The molecule has 0 bridgehead atoms. The fourth-order valence-electron chi connectivity index (χ4n) is 4.06. The van der Waals surface area contributed by atoms with Crippen LogP contribution in [0.25, 0.3) is 22.0 Å². The topological polar surface area (TPSA) is 53.5 Å². The number of nitrogens with zero attached hydrogens (tertiary/aromatic N) is 3. The van der Waals surface area contributed by atoms with Crippen molar-refractivity contribution in [3.63, 3.8) is 0 Å². The summed E-state index contributed by atoms with van der Waals surface area (Å²) in [5.41, 5.74) is 1.81. The summed E-state index contributed by atoms with van der Waals surface area (Å²) in [6.45, 7) is 9.17. The van der Waals surface area contributed by atoms with Gasteiger partial charge in [0.1, 0.15) is 5.82 Å². The van der Waals surface area contributed by atoms with Gasteiger partial charge >= 0.3 is 0 Å². The predicted molar refractivity (Wildman–Crippen MR) is 131 cm³/mol. The molecule has 2 aromatic carbocycles. The van der Waals surface area contributed by atoms with E-state index in [0.717, 1.165) is 60.6 Å². The van der Waals surface area contributed by atoms with Crippen LogP contribution in [0.3, 0.4) is 0 Å². The first-order valence-corrected chi connectivity index (χ1v) is 12.4. The maximum absolute atomic E-state index is 12.3. The van der Waals surface area contributed by atoms with E-state index in [4.69, 9.17) is 4.98 Å². The van der Waals surface area contributed by atoms with Crippen LogP contribution in [-0.4, -0.2) is 56.8 Å². The number of aromatic nitrogens is 1. The minimum atomic E-state index is -3.21. The summed E-state index contributed by atoms with van der Waals surface area (Å²) in [6, 6.07) is 17.6. The number of piperazine rings is 1.